The van der Waals surface area contributed by atoms with E-state index in [2.05, 4.69) is 5.32 Å². The van der Waals surface area contributed by atoms with Gasteiger partial charge in [0.2, 0.25) is 10.0 Å². The van der Waals surface area contributed by atoms with Gasteiger partial charge in [0.1, 0.15) is 16.2 Å². The lowest BCUT2D eigenvalue weighted by Gasteiger charge is -2.30. The fourth-order valence-electron chi connectivity index (χ4n) is 4.06. The van der Waals surface area contributed by atoms with Crippen LogP contribution in [0.15, 0.2) is 68.7 Å². The molecule has 0 unspecified atom stereocenters. The molecule has 33 heavy (non-hydrogen) atoms. The van der Waals surface area contributed by atoms with Crippen LogP contribution in [0.1, 0.15) is 32.1 Å². The molecule has 0 atom stereocenters. The maximum absolute atomic E-state index is 13.3. The highest BCUT2D eigenvalue weighted by molar-refractivity contribution is 7.89. The van der Waals surface area contributed by atoms with E-state index in [0.29, 0.717) is 11.3 Å². The molecule has 4 rings (SSSR count). The van der Waals surface area contributed by atoms with Crippen molar-refractivity contribution < 1.29 is 22.4 Å². The van der Waals surface area contributed by atoms with Crippen LogP contribution in [0, 0.1) is 0 Å². The molecule has 1 fully saturated rings. The van der Waals surface area contributed by atoms with Crippen LogP contribution in [0.3, 0.4) is 0 Å². The van der Waals surface area contributed by atoms with Crippen molar-refractivity contribution in [1.82, 2.24) is 4.31 Å². The number of para-hydroxylation sites is 1. The highest BCUT2D eigenvalue weighted by atomic mass is 32.2. The number of carbonyl (C=O) groups excluding carboxylic acids is 1. The molecule has 1 heterocycles. The first-order chi connectivity index (χ1) is 15.8. The SMILES string of the molecule is CN(C1CCCCC1)S(=O)(=O)c1ccccc1NC(=O)COc1ccc2ccc(=O)oc2c1. The summed E-state index contributed by atoms with van der Waals surface area (Å²) in [6.45, 7) is -0.338. The lowest BCUT2D eigenvalue weighted by Crippen LogP contribution is -2.38. The third kappa shape index (κ3) is 5.26. The Morgan fingerprint density at radius 1 is 1.09 bits per heavy atom. The topological polar surface area (TPSA) is 106 Å². The molecule has 1 saturated carbocycles. The largest absolute Gasteiger partial charge is 0.484 e. The second kappa shape index (κ2) is 9.76. The normalized spacial score (nSPS) is 15.0. The Bertz CT molecular complexity index is 1310. The smallest absolute Gasteiger partial charge is 0.336 e. The highest BCUT2D eigenvalue weighted by Gasteiger charge is 2.31. The minimum atomic E-state index is -3.77. The summed E-state index contributed by atoms with van der Waals surface area (Å²) in [5, 5.41) is 3.38. The Hall–Kier alpha value is -3.17. The Labute approximate surface area is 192 Å². The number of benzene rings is 2. The van der Waals surface area contributed by atoms with E-state index in [1.807, 2.05) is 0 Å². The second-order valence-corrected chi connectivity index (χ2v) is 10.1. The summed E-state index contributed by atoms with van der Waals surface area (Å²) in [4.78, 5) is 24.0. The van der Waals surface area contributed by atoms with Gasteiger partial charge in [0.15, 0.2) is 6.61 Å². The monoisotopic (exact) mass is 470 g/mol. The summed E-state index contributed by atoms with van der Waals surface area (Å²) in [5.41, 5.74) is 0.0780. The summed E-state index contributed by atoms with van der Waals surface area (Å²) in [6.07, 6.45) is 4.82. The lowest BCUT2D eigenvalue weighted by atomic mass is 9.96. The molecule has 0 aliphatic heterocycles. The summed E-state index contributed by atoms with van der Waals surface area (Å²) < 4.78 is 38.6. The maximum Gasteiger partial charge on any atom is 0.336 e. The molecule has 0 bridgehead atoms. The Morgan fingerprint density at radius 3 is 2.61 bits per heavy atom. The number of rotatable bonds is 7. The molecule has 1 amide bonds. The molecule has 1 aromatic heterocycles. The molecule has 0 spiro atoms. The van der Waals surface area contributed by atoms with Crippen molar-refractivity contribution in [2.45, 2.75) is 43.0 Å². The number of carbonyl (C=O) groups is 1. The van der Waals surface area contributed by atoms with Gasteiger partial charge in [-0.25, -0.2) is 13.2 Å². The number of nitrogens with zero attached hydrogens (tertiary/aromatic N) is 1. The van der Waals surface area contributed by atoms with E-state index in [1.165, 1.54) is 22.5 Å². The van der Waals surface area contributed by atoms with Crippen LogP contribution in [-0.4, -0.2) is 38.3 Å². The number of hydrogen-bond acceptors (Lipinski definition) is 6. The molecule has 0 saturated heterocycles. The molecule has 2 aromatic carbocycles. The van der Waals surface area contributed by atoms with Crippen LogP contribution in [0.5, 0.6) is 5.75 Å². The molecule has 1 aliphatic rings. The van der Waals surface area contributed by atoms with Crippen molar-refractivity contribution >= 4 is 32.6 Å². The van der Waals surface area contributed by atoms with Crippen molar-refractivity contribution in [3.05, 3.63) is 65.0 Å². The van der Waals surface area contributed by atoms with Crippen LogP contribution in [0.2, 0.25) is 0 Å². The van der Waals surface area contributed by atoms with E-state index in [1.54, 1.807) is 43.4 Å². The minimum absolute atomic E-state index is 0.0382. The van der Waals surface area contributed by atoms with E-state index in [9.17, 15) is 18.0 Å². The zero-order chi connectivity index (χ0) is 23.4. The molecule has 8 nitrogen and oxygen atoms in total. The van der Waals surface area contributed by atoms with E-state index in [4.69, 9.17) is 9.15 Å². The molecule has 0 radical (unpaired) electrons. The Balaban J connectivity index is 1.46. The fourth-order valence-corrected chi connectivity index (χ4v) is 5.62. The average Bonchev–Trinajstić information content (AvgIpc) is 2.82. The quantitative estimate of drug-likeness (QED) is 0.527. The Kier molecular flexibility index (Phi) is 6.80. The van der Waals surface area contributed by atoms with Gasteiger partial charge in [-0.2, -0.15) is 4.31 Å². The first kappa shape index (κ1) is 23.0. The summed E-state index contributed by atoms with van der Waals surface area (Å²) in [6, 6.07) is 14.2. The van der Waals surface area contributed by atoms with Crippen molar-refractivity contribution in [1.29, 1.82) is 0 Å². The van der Waals surface area contributed by atoms with E-state index >= 15 is 0 Å². The Morgan fingerprint density at radius 2 is 1.82 bits per heavy atom. The minimum Gasteiger partial charge on any atom is -0.484 e. The molecular weight excluding hydrogens is 444 g/mol. The van der Waals surface area contributed by atoms with Gasteiger partial charge in [-0.05, 0) is 43.2 Å². The molecule has 1 aliphatic carbocycles. The first-order valence-electron chi connectivity index (χ1n) is 10.9. The van der Waals surface area contributed by atoms with Crippen LogP contribution in [0.4, 0.5) is 5.69 Å². The zero-order valence-electron chi connectivity index (χ0n) is 18.3. The van der Waals surface area contributed by atoms with E-state index in [0.717, 1.165) is 37.5 Å². The van der Waals surface area contributed by atoms with Gasteiger partial charge in [0, 0.05) is 30.6 Å². The summed E-state index contributed by atoms with van der Waals surface area (Å²) in [5.74, 6) is -0.155. The van der Waals surface area contributed by atoms with Crippen LogP contribution < -0.4 is 15.7 Å². The van der Waals surface area contributed by atoms with Gasteiger partial charge in [0.05, 0.1) is 5.69 Å². The van der Waals surface area contributed by atoms with Crippen LogP contribution >= 0.6 is 0 Å². The number of fused-ring (bicyclic) bond motifs is 1. The van der Waals surface area contributed by atoms with Crippen molar-refractivity contribution in [3.8, 4) is 5.75 Å². The van der Waals surface area contributed by atoms with Crippen molar-refractivity contribution in [3.63, 3.8) is 0 Å². The van der Waals surface area contributed by atoms with Gasteiger partial charge >= 0.3 is 5.63 Å². The fraction of sp³-hybridized carbons (Fsp3) is 0.333. The number of anilines is 1. The van der Waals surface area contributed by atoms with Gasteiger partial charge < -0.3 is 14.5 Å². The second-order valence-electron chi connectivity index (χ2n) is 8.10. The van der Waals surface area contributed by atoms with Crippen molar-refractivity contribution in [2.24, 2.45) is 0 Å². The number of sulfonamides is 1. The zero-order valence-corrected chi connectivity index (χ0v) is 19.1. The molecule has 3 aromatic rings. The number of amides is 1. The maximum atomic E-state index is 13.3. The number of nitrogens with one attached hydrogen (secondary N) is 1. The molecule has 1 N–H and O–H groups in total. The summed E-state index contributed by atoms with van der Waals surface area (Å²) >= 11 is 0. The van der Waals surface area contributed by atoms with Crippen molar-refractivity contribution in [2.75, 3.05) is 19.0 Å². The molecule has 9 heteroatoms. The predicted octanol–water partition coefficient (Wildman–Crippen LogP) is 3.76. The third-order valence-electron chi connectivity index (χ3n) is 5.87. The third-order valence-corrected chi connectivity index (χ3v) is 7.84. The molecular formula is C24H26N2O6S. The van der Waals surface area contributed by atoms with E-state index in [-0.39, 0.29) is 23.2 Å². The van der Waals surface area contributed by atoms with Crippen LogP contribution in [-0.2, 0) is 14.8 Å². The highest BCUT2D eigenvalue weighted by Crippen LogP contribution is 2.30. The number of ether oxygens (including phenoxy) is 1. The average molecular weight is 471 g/mol. The standard InChI is InChI=1S/C24H26N2O6S/c1-26(18-7-3-2-4-8-18)33(29,30)22-10-6-5-9-20(22)25-23(27)16-31-19-13-11-17-12-14-24(28)32-21(17)15-19/h5-6,9-15,18H,2-4,7-8,16H2,1H3,(H,25,27). The van der Waals surface area contributed by atoms with Gasteiger partial charge in [0.25, 0.3) is 5.91 Å². The lowest BCUT2D eigenvalue weighted by molar-refractivity contribution is -0.118. The summed E-state index contributed by atoms with van der Waals surface area (Å²) in [7, 11) is -2.17. The van der Waals surface area contributed by atoms with Gasteiger partial charge in [-0.3, -0.25) is 4.79 Å². The van der Waals surface area contributed by atoms with Gasteiger partial charge in [-0.15, -0.1) is 0 Å². The van der Waals surface area contributed by atoms with Gasteiger partial charge in [-0.1, -0.05) is 31.4 Å². The predicted molar refractivity (Wildman–Crippen MR) is 125 cm³/mol. The van der Waals surface area contributed by atoms with E-state index < -0.39 is 21.6 Å². The first-order valence-corrected chi connectivity index (χ1v) is 12.3. The molecule has 174 valence electrons. The number of hydrogen-bond donors (Lipinski definition) is 1. The van der Waals surface area contributed by atoms with Crippen LogP contribution in [0.25, 0.3) is 11.0 Å².